The van der Waals surface area contributed by atoms with Crippen molar-refractivity contribution >= 4 is 43.0 Å². The fourth-order valence-corrected chi connectivity index (χ4v) is 6.95. The van der Waals surface area contributed by atoms with Crippen molar-refractivity contribution in [2.45, 2.75) is 61.3 Å². The van der Waals surface area contributed by atoms with Gasteiger partial charge in [0.15, 0.2) is 6.20 Å². The molecule has 3 heteroatoms. The van der Waals surface area contributed by atoms with Gasteiger partial charge >= 0.3 is 0 Å². The zero-order valence-corrected chi connectivity index (χ0v) is 23.6. The molecule has 0 spiro atoms. The Morgan fingerprint density at radius 1 is 0.861 bits per heavy atom. The van der Waals surface area contributed by atoms with Gasteiger partial charge in [0.1, 0.15) is 18.5 Å². The second-order valence-electron chi connectivity index (χ2n) is 13.0. The molecule has 0 saturated heterocycles. The van der Waals surface area contributed by atoms with Crippen LogP contribution in [0.3, 0.4) is 0 Å². The van der Waals surface area contributed by atoms with Crippen LogP contribution >= 0.6 is 11.3 Å². The van der Waals surface area contributed by atoms with E-state index in [1.165, 1.54) is 59.6 Å². The summed E-state index contributed by atoms with van der Waals surface area (Å²) in [6.45, 7) is 16.1. The van der Waals surface area contributed by atoms with E-state index in [-0.39, 0.29) is 10.8 Å². The number of benzene rings is 3. The van der Waals surface area contributed by atoms with E-state index in [0.717, 1.165) is 24.3 Å². The molecule has 6 rings (SSSR count). The minimum Gasteiger partial charge on any atom is -0.455 e. The highest BCUT2D eigenvalue weighted by molar-refractivity contribution is 7.17. The van der Waals surface area contributed by atoms with Crippen molar-refractivity contribution in [3.8, 4) is 22.8 Å². The van der Waals surface area contributed by atoms with Crippen LogP contribution in [0.5, 0.6) is 11.5 Å². The first-order valence-electron chi connectivity index (χ1n) is 13.0. The maximum atomic E-state index is 6.95. The number of nitrogens with zero attached hydrogens (tertiary/aromatic N) is 1. The van der Waals surface area contributed by atoms with E-state index in [9.17, 15) is 0 Å². The molecule has 184 valence electrons. The lowest BCUT2D eigenvalue weighted by Crippen LogP contribution is -2.32. The first-order valence-corrected chi connectivity index (χ1v) is 13.9. The Hall–Kier alpha value is -2.91. The number of pyridine rings is 1. The average molecular weight is 495 g/mol. The molecule has 0 aliphatic carbocycles. The van der Waals surface area contributed by atoms with Gasteiger partial charge in [-0.2, -0.15) is 0 Å². The smallest absolute Gasteiger partial charge is 0.228 e. The van der Waals surface area contributed by atoms with Gasteiger partial charge in [0.2, 0.25) is 5.69 Å². The maximum absolute atomic E-state index is 6.95. The largest absolute Gasteiger partial charge is 0.455 e. The van der Waals surface area contributed by atoms with E-state index < -0.39 is 0 Å². The molecule has 0 amide bonds. The first kappa shape index (κ1) is 23.5. The summed E-state index contributed by atoms with van der Waals surface area (Å²) in [5.41, 5.74) is 6.99. The van der Waals surface area contributed by atoms with Crippen molar-refractivity contribution in [2.75, 3.05) is 0 Å². The van der Waals surface area contributed by atoms with Crippen LogP contribution in [0.15, 0.2) is 48.0 Å². The van der Waals surface area contributed by atoms with Gasteiger partial charge in [-0.3, -0.25) is 0 Å². The summed E-state index contributed by atoms with van der Waals surface area (Å²) < 4.78 is 10.6. The van der Waals surface area contributed by atoms with E-state index in [4.69, 9.17) is 4.74 Å². The van der Waals surface area contributed by atoms with E-state index in [1.54, 1.807) is 0 Å². The van der Waals surface area contributed by atoms with Crippen molar-refractivity contribution in [3.05, 3.63) is 64.7 Å². The molecule has 0 unspecified atom stereocenters. The Balaban J connectivity index is 1.71. The number of aromatic nitrogens is 1. The molecule has 0 bridgehead atoms. The minimum atomic E-state index is 0.155. The molecule has 0 saturated carbocycles. The Morgan fingerprint density at radius 3 is 2.33 bits per heavy atom. The Labute approximate surface area is 218 Å². The number of aryl methyl sites for hydroxylation is 2. The molecule has 0 fully saturated rings. The SMILES string of the molecule is Cc1c2c(c(CC(C)(C)C)c3ccsc13)Oc1cc3ccc(CC(C)(C)C)cc3c3cc[n+](C)c-2c13. The van der Waals surface area contributed by atoms with Gasteiger partial charge < -0.3 is 4.74 Å². The second kappa shape index (κ2) is 7.79. The molecule has 0 radical (unpaired) electrons. The molecular formula is C33H36NOS+. The van der Waals surface area contributed by atoms with Gasteiger partial charge in [-0.1, -0.05) is 59.7 Å². The Kier molecular flexibility index (Phi) is 5.08. The number of thiophene rings is 1. The second-order valence-corrected chi connectivity index (χ2v) is 14.0. The highest BCUT2D eigenvalue weighted by Crippen LogP contribution is 2.53. The summed E-state index contributed by atoms with van der Waals surface area (Å²) in [6.07, 6.45) is 4.26. The monoisotopic (exact) mass is 494 g/mol. The normalized spacial score (nSPS) is 13.4. The zero-order chi connectivity index (χ0) is 25.6. The Bertz CT molecular complexity index is 1690. The van der Waals surface area contributed by atoms with E-state index >= 15 is 0 Å². The fourth-order valence-electron chi connectivity index (χ4n) is 6.01. The molecule has 1 aliphatic rings. The predicted octanol–water partition coefficient (Wildman–Crippen LogP) is 9.29. The van der Waals surface area contributed by atoms with Crippen molar-refractivity contribution in [1.29, 1.82) is 0 Å². The molecule has 2 nitrogen and oxygen atoms in total. The van der Waals surface area contributed by atoms with Crippen LogP contribution in [0.1, 0.15) is 58.2 Å². The van der Waals surface area contributed by atoms with E-state index in [0.29, 0.717) is 0 Å². The molecule has 2 aromatic heterocycles. The highest BCUT2D eigenvalue weighted by atomic mass is 32.1. The maximum Gasteiger partial charge on any atom is 0.228 e. The molecular weight excluding hydrogens is 458 g/mol. The van der Waals surface area contributed by atoms with Gasteiger partial charge in [-0.25, -0.2) is 4.57 Å². The molecule has 5 aromatic rings. The van der Waals surface area contributed by atoms with Gasteiger partial charge in [0, 0.05) is 21.7 Å². The van der Waals surface area contributed by atoms with Crippen LogP contribution < -0.4 is 9.30 Å². The predicted molar refractivity (Wildman–Crippen MR) is 155 cm³/mol. The van der Waals surface area contributed by atoms with Crippen LogP contribution in [0.25, 0.3) is 42.9 Å². The average Bonchev–Trinajstić information content (AvgIpc) is 3.27. The van der Waals surface area contributed by atoms with Crippen LogP contribution in [0.4, 0.5) is 0 Å². The lowest BCUT2D eigenvalue weighted by atomic mass is 9.83. The van der Waals surface area contributed by atoms with Gasteiger partial charge in [0.25, 0.3) is 0 Å². The summed E-state index contributed by atoms with van der Waals surface area (Å²) in [4.78, 5) is 0. The number of rotatable bonds is 2. The highest BCUT2D eigenvalue weighted by Gasteiger charge is 2.34. The quantitative estimate of drug-likeness (QED) is 0.173. The van der Waals surface area contributed by atoms with Crippen LogP contribution in [0, 0.1) is 17.8 Å². The molecule has 0 N–H and O–H groups in total. The topological polar surface area (TPSA) is 13.1 Å². The first-order chi connectivity index (χ1) is 16.9. The van der Waals surface area contributed by atoms with Crippen molar-refractivity contribution in [1.82, 2.24) is 0 Å². The third-order valence-corrected chi connectivity index (χ3v) is 8.40. The van der Waals surface area contributed by atoms with Gasteiger partial charge in [-0.05, 0) is 75.4 Å². The van der Waals surface area contributed by atoms with Crippen molar-refractivity contribution < 1.29 is 9.30 Å². The van der Waals surface area contributed by atoms with Crippen LogP contribution in [-0.2, 0) is 19.9 Å². The summed E-state index contributed by atoms with van der Waals surface area (Å²) in [7, 11) is 2.18. The third-order valence-electron chi connectivity index (χ3n) is 7.36. The molecule has 36 heavy (non-hydrogen) atoms. The summed E-state index contributed by atoms with van der Waals surface area (Å²) in [5.74, 6) is 2.02. The van der Waals surface area contributed by atoms with Crippen LogP contribution in [0.2, 0.25) is 0 Å². The number of ether oxygens (including phenoxy) is 1. The molecule has 0 atom stereocenters. The zero-order valence-electron chi connectivity index (χ0n) is 22.8. The van der Waals surface area contributed by atoms with E-state index in [2.05, 4.69) is 108 Å². The third kappa shape index (κ3) is 3.71. The standard InChI is InChI=1S/C33H36NOS/c1-19-27-29-28-22(11-13-34(29)8)24-15-20(17-32(2,3)4)9-10-21(24)16-26(28)35-30(27)25(18-33(5,6)7)23-12-14-36-31(19)23/h9-16H,17-18H2,1-8H3/q+1. The lowest BCUT2D eigenvalue weighted by molar-refractivity contribution is -0.659. The molecule has 3 heterocycles. The van der Waals surface area contributed by atoms with E-state index in [1.807, 2.05) is 11.3 Å². The number of fused-ring (bicyclic) bond motifs is 5. The molecule has 3 aromatic carbocycles. The van der Waals surface area contributed by atoms with Gasteiger partial charge in [0.05, 0.1) is 10.9 Å². The van der Waals surface area contributed by atoms with Crippen LogP contribution in [-0.4, -0.2) is 0 Å². The number of hydrogen-bond donors (Lipinski definition) is 0. The minimum absolute atomic E-state index is 0.155. The van der Waals surface area contributed by atoms with Gasteiger partial charge in [-0.15, -0.1) is 11.3 Å². The lowest BCUT2D eigenvalue weighted by Gasteiger charge is -2.27. The number of hydrogen-bond acceptors (Lipinski definition) is 2. The summed E-state index contributed by atoms with van der Waals surface area (Å²) in [6, 6.07) is 13.8. The fraction of sp³-hybridized carbons (Fsp3) is 0.364. The Morgan fingerprint density at radius 2 is 1.61 bits per heavy atom. The summed E-state index contributed by atoms with van der Waals surface area (Å²) in [5, 5.41) is 8.64. The van der Waals surface area contributed by atoms with Crippen molar-refractivity contribution in [2.24, 2.45) is 17.9 Å². The van der Waals surface area contributed by atoms with Crippen molar-refractivity contribution in [3.63, 3.8) is 0 Å². The summed E-state index contributed by atoms with van der Waals surface area (Å²) >= 11 is 1.85. The molecule has 1 aliphatic heterocycles.